The molecule has 0 fully saturated rings. The summed E-state index contributed by atoms with van der Waals surface area (Å²) in [5, 5.41) is 4.37. The van der Waals surface area contributed by atoms with Crippen LogP contribution in [0, 0.1) is 19.8 Å². The second kappa shape index (κ2) is 7.17. The predicted octanol–water partition coefficient (Wildman–Crippen LogP) is 2.82. The molecule has 6 nitrogen and oxygen atoms in total. The molecule has 2 rings (SSSR count). The summed E-state index contributed by atoms with van der Waals surface area (Å²) < 4.78 is 29.0. The molecule has 0 bridgehead atoms. The lowest BCUT2D eigenvalue weighted by Gasteiger charge is -2.14. The van der Waals surface area contributed by atoms with E-state index < -0.39 is 10.0 Å². The summed E-state index contributed by atoms with van der Waals surface area (Å²) in [6.07, 6.45) is 0. The number of sulfonamides is 1. The molecular weight excluding hydrogens is 359 g/mol. The van der Waals surface area contributed by atoms with E-state index in [9.17, 15) is 8.42 Å². The van der Waals surface area contributed by atoms with Crippen LogP contribution in [0.1, 0.15) is 18.3 Å². The third-order valence-corrected chi connectivity index (χ3v) is 5.35. The molecule has 0 amide bonds. The van der Waals surface area contributed by atoms with Crippen molar-refractivity contribution in [1.29, 1.82) is 0 Å². The lowest BCUT2D eigenvalue weighted by atomic mass is 10.2. The zero-order valence-electron chi connectivity index (χ0n) is 13.0. The number of aryl methyl sites for hydroxylation is 2. The number of pyridine rings is 1. The molecule has 0 aliphatic carbocycles. The van der Waals surface area contributed by atoms with Crippen LogP contribution in [0.15, 0.2) is 23.1 Å². The number of aromatic nitrogens is 3. The Morgan fingerprint density at radius 2 is 2.00 bits per heavy atom. The zero-order valence-corrected chi connectivity index (χ0v) is 15.4. The zero-order chi connectivity index (χ0) is 17.2. The number of halogens is 2. The van der Waals surface area contributed by atoms with E-state index in [0.717, 1.165) is 11.4 Å². The van der Waals surface area contributed by atoms with Gasteiger partial charge in [-0.15, -0.1) is 0 Å². The molecule has 0 saturated heterocycles. The minimum absolute atomic E-state index is 0.0572. The molecule has 0 saturated carbocycles. The number of rotatable bonds is 6. The van der Waals surface area contributed by atoms with Crippen molar-refractivity contribution in [1.82, 2.24) is 19.5 Å². The summed E-state index contributed by atoms with van der Waals surface area (Å²) in [5.74, 6) is 0.0572. The summed E-state index contributed by atoms with van der Waals surface area (Å²) in [6, 6.07) is 4.71. The van der Waals surface area contributed by atoms with E-state index in [1.165, 1.54) is 12.1 Å². The van der Waals surface area contributed by atoms with Gasteiger partial charge in [0.25, 0.3) is 0 Å². The van der Waals surface area contributed by atoms with Crippen LogP contribution in [-0.4, -0.2) is 29.7 Å². The third-order valence-electron chi connectivity index (χ3n) is 3.28. The monoisotopic (exact) mass is 376 g/mol. The van der Waals surface area contributed by atoms with Crippen LogP contribution in [0.3, 0.4) is 0 Å². The van der Waals surface area contributed by atoms with Crippen LogP contribution < -0.4 is 4.72 Å². The van der Waals surface area contributed by atoms with Crippen molar-refractivity contribution in [3.63, 3.8) is 0 Å². The molecule has 126 valence electrons. The second-order valence-electron chi connectivity index (χ2n) is 5.49. The van der Waals surface area contributed by atoms with Gasteiger partial charge in [-0.1, -0.05) is 30.1 Å². The Balaban J connectivity index is 2.02. The molecule has 1 N–H and O–H groups in total. The molecular formula is C14H18Cl2N4O2S. The molecule has 23 heavy (non-hydrogen) atoms. The Kier molecular flexibility index (Phi) is 5.67. The molecule has 0 aliphatic heterocycles. The lowest BCUT2D eigenvalue weighted by molar-refractivity contribution is 0.436. The van der Waals surface area contributed by atoms with E-state index in [1.54, 1.807) is 0 Å². The molecule has 0 spiro atoms. The summed E-state index contributed by atoms with van der Waals surface area (Å²) in [7, 11) is -3.73. The van der Waals surface area contributed by atoms with Crippen molar-refractivity contribution in [3.8, 4) is 0 Å². The molecule has 9 heteroatoms. The number of nitrogens with one attached hydrogen (secondary N) is 1. The first kappa shape index (κ1) is 18.2. The third kappa shape index (κ3) is 4.67. The summed E-state index contributed by atoms with van der Waals surface area (Å²) in [5.41, 5.74) is 1.98. The van der Waals surface area contributed by atoms with Gasteiger partial charge in [-0.3, -0.25) is 4.68 Å². The normalized spacial score (nSPS) is 13.3. The van der Waals surface area contributed by atoms with E-state index in [1.807, 2.05) is 31.5 Å². The molecule has 0 aromatic carbocycles. The molecule has 2 aromatic rings. The maximum atomic E-state index is 12.3. The van der Waals surface area contributed by atoms with Crippen molar-refractivity contribution in [2.75, 3.05) is 6.54 Å². The molecule has 2 aromatic heterocycles. The number of hydrogen-bond donors (Lipinski definition) is 1. The summed E-state index contributed by atoms with van der Waals surface area (Å²) >= 11 is 11.5. The SMILES string of the molecule is Cc1cc(C)n(CC(C)CNS(=O)(=O)c2ccc(Cl)nc2Cl)n1. The number of nitrogens with zero attached hydrogens (tertiary/aromatic N) is 3. The van der Waals surface area contributed by atoms with E-state index in [4.69, 9.17) is 23.2 Å². The Bertz CT molecular complexity index is 805. The van der Waals surface area contributed by atoms with Crippen LogP contribution in [0.5, 0.6) is 0 Å². The van der Waals surface area contributed by atoms with Gasteiger partial charge in [-0.2, -0.15) is 5.10 Å². The smallest absolute Gasteiger partial charge is 0.243 e. The number of hydrogen-bond acceptors (Lipinski definition) is 4. The average molecular weight is 377 g/mol. The Morgan fingerprint density at radius 1 is 1.30 bits per heavy atom. The molecule has 0 aliphatic rings. The van der Waals surface area contributed by atoms with Crippen LogP contribution in [-0.2, 0) is 16.6 Å². The fourth-order valence-electron chi connectivity index (χ4n) is 2.15. The summed E-state index contributed by atoms with van der Waals surface area (Å²) in [4.78, 5) is 3.67. The van der Waals surface area contributed by atoms with Crippen molar-refractivity contribution in [2.24, 2.45) is 5.92 Å². The Labute approximate surface area is 145 Å². The maximum absolute atomic E-state index is 12.3. The van der Waals surface area contributed by atoms with Gasteiger partial charge in [-0.05, 0) is 38.0 Å². The highest BCUT2D eigenvalue weighted by Gasteiger charge is 2.20. The molecule has 1 unspecified atom stereocenters. The molecule has 2 heterocycles. The predicted molar refractivity (Wildman–Crippen MR) is 90.3 cm³/mol. The van der Waals surface area contributed by atoms with Gasteiger partial charge < -0.3 is 0 Å². The van der Waals surface area contributed by atoms with E-state index >= 15 is 0 Å². The van der Waals surface area contributed by atoms with Crippen LogP contribution in [0.25, 0.3) is 0 Å². The van der Waals surface area contributed by atoms with Crippen LogP contribution in [0.2, 0.25) is 10.3 Å². The van der Waals surface area contributed by atoms with Crippen LogP contribution >= 0.6 is 23.2 Å². The Morgan fingerprint density at radius 3 is 2.57 bits per heavy atom. The fourth-order valence-corrected chi connectivity index (χ4v) is 3.97. The summed E-state index contributed by atoms with van der Waals surface area (Å²) in [6.45, 7) is 6.72. The van der Waals surface area contributed by atoms with E-state index in [2.05, 4.69) is 14.8 Å². The first-order chi connectivity index (χ1) is 10.7. The van der Waals surface area contributed by atoms with Crippen molar-refractivity contribution in [2.45, 2.75) is 32.2 Å². The minimum atomic E-state index is -3.73. The highest BCUT2D eigenvalue weighted by atomic mass is 35.5. The van der Waals surface area contributed by atoms with Gasteiger partial charge in [0.05, 0.1) is 5.69 Å². The van der Waals surface area contributed by atoms with Crippen molar-refractivity contribution >= 4 is 33.2 Å². The highest BCUT2D eigenvalue weighted by Crippen LogP contribution is 2.21. The lowest BCUT2D eigenvalue weighted by Crippen LogP contribution is -2.30. The van der Waals surface area contributed by atoms with Gasteiger partial charge in [0.1, 0.15) is 10.0 Å². The second-order valence-corrected chi connectivity index (χ2v) is 7.97. The maximum Gasteiger partial charge on any atom is 0.243 e. The van der Waals surface area contributed by atoms with Crippen molar-refractivity contribution in [3.05, 3.63) is 39.9 Å². The fraction of sp³-hybridized carbons (Fsp3) is 0.429. The largest absolute Gasteiger partial charge is 0.269 e. The van der Waals surface area contributed by atoms with E-state index in [-0.39, 0.29) is 27.7 Å². The minimum Gasteiger partial charge on any atom is -0.269 e. The van der Waals surface area contributed by atoms with E-state index in [0.29, 0.717) is 6.54 Å². The first-order valence-electron chi connectivity index (χ1n) is 7.02. The van der Waals surface area contributed by atoms with Gasteiger partial charge in [0.2, 0.25) is 10.0 Å². The van der Waals surface area contributed by atoms with Crippen LogP contribution in [0.4, 0.5) is 0 Å². The highest BCUT2D eigenvalue weighted by molar-refractivity contribution is 7.89. The standard InChI is InChI=1S/C14H18Cl2N4O2S/c1-9(8-20-11(3)6-10(2)19-20)7-17-23(21,22)12-4-5-13(15)18-14(12)16/h4-6,9,17H,7-8H2,1-3H3. The quantitative estimate of drug-likeness (QED) is 0.786. The topological polar surface area (TPSA) is 76.9 Å². The van der Waals surface area contributed by atoms with Gasteiger partial charge >= 0.3 is 0 Å². The van der Waals surface area contributed by atoms with Crippen molar-refractivity contribution < 1.29 is 8.42 Å². The van der Waals surface area contributed by atoms with Gasteiger partial charge in [-0.25, -0.2) is 18.1 Å². The molecule has 1 atom stereocenters. The van der Waals surface area contributed by atoms with Gasteiger partial charge in [0.15, 0.2) is 5.15 Å². The van der Waals surface area contributed by atoms with Gasteiger partial charge in [0, 0.05) is 18.8 Å². The Hall–Kier alpha value is -1.15. The average Bonchev–Trinajstić information content (AvgIpc) is 2.74. The molecule has 0 radical (unpaired) electrons. The first-order valence-corrected chi connectivity index (χ1v) is 9.25.